The van der Waals surface area contributed by atoms with E-state index in [0.29, 0.717) is 11.1 Å². The number of hydrazone groups is 1. The highest BCUT2D eigenvalue weighted by Crippen LogP contribution is 2.10. The molecule has 2 aromatic carbocycles. The molecule has 0 saturated carbocycles. The summed E-state index contributed by atoms with van der Waals surface area (Å²) in [6.07, 6.45) is 1.31. The van der Waals surface area contributed by atoms with Gasteiger partial charge in [-0.15, -0.1) is 0 Å². The molecule has 2 N–H and O–H groups in total. The molecule has 1 amide bonds. The fourth-order valence-electron chi connectivity index (χ4n) is 1.63. The van der Waals surface area contributed by atoms with Crippen molar-refractivity contribution < 1.29 is 14.7 Å². The molecule has 5 nitrogen and oxygen atoms in total. The highest BCUT2D eigenvalue weighted by Gasteiger charge is 2.07. The van der Waals surface area contributed by atoms with Crippen LogP contribution in [0.1, 0.15) is 26.3 Å². The van der Waals surface area contributed by atoms with E-state index in [1.165, 1.54) is 12.3 Å². The van der Waals surface area contributed by atoms with Crippen molar-refractivity contribution in [2.24, 2.45) is 5.10 Å². The summed E-state index contributed by atoms with van der Waals surface area (Å²) in [5.41, 5.74) is 3.36. The standard InChI is InChI=1S/C15H11BrN2O3/c16-12-7-5-10(6-8-12)14(19)18-17-9-11-3-1-2-4-13(11)15(20)21/h1-9H,(H,18,19)(H,20,21)/b17-9+. The van der Waals surface area contributed by atoms with Gasteiger partial charge in [0.25, 0.3) is 5.91 Å². The number of carbonyl (C=O) groups excluding carboxylic acids is 1. The van der Waals surface area contributed by atoms with Crippen LogP contribution in [0.3, 0.4) is 0 Å². The van der Waals surface area contributed by atoms with Crippen molar-refractivity contribution >= 4 is 34.0 Å². The van der Waals surface area contributed by atoms with Gasteiger partial charge in [0.1, 0.15) is 0 Å². The van der Waals surface area contributed by atoms with Crippen LogP contribution in [0.25, 0.3) is 0 Å². The summed E-state index contributed by atoms with van der Waals surface area (Å²) < 4.78 is 0.873. The molecule has 2 aromatic rings. The fourth-order valence-corrected chi connectivity index (χ4v) is 1.89. The Balaban J connectivity index is 2.07. The number of halogens is 1. The summed E-state index contributed by atoms with van der Waals surface area (Å²) in [5, 5.41) is 12.8. The molecular formula is C15H11BrN2O3. The average molecular weight is 347 g/mol. The van der Waals surface area contributed by atoms with Crippen molar-refractivity contribution in [2.45, 2.75) is 0 Å². The van der Waals surface area contributed by atoms with E-state index in [2.05, 4.69) is 26.5 Å². The molecule has 0 saturated heterocycles. The average Bonchev–Trinajstić information content (AvgIpc) is 2.48. The molecular weight excluding hydrogens is 336 g/mol. The van der Waals surface area contributed by atoms with Crippen LogP contribution in [0.4, 0.5) is 0 Å². The first-order valence-corrected chi connectivity index (χ1v) is 6.78. The van der Waals surface area contributed by atoms with Crippen LogP contribution in [-0.4, -0.2) is 23.2 Å². The zero-order chi connectivity index (χ0) is 15.2. The summed E-state index contributed by atoms with van der Waals surface area (Å²) in [6.45, 7) is 0. The van der Waals surface area contributed by atoms with Crippen molar-refractivity contribution in [3.05, 3.63) is 69.7 Å². The molecule has 0 aliphatic heterocycles. The monoisotopic (exact) mass is 346 g/mol. The van der Waals surface area contributed by atoms with Gasteiger partial charge in [0, 0.05) is 15.6 Å². The van der Waals surface area contributed by atoms with Gasteiger partial charge in [0.2, 0.25) is 0 Å². The second kappa shape index (κ2) is 6.81. The third-order valence-corrected chi connectivity index (χ3v) is 3.20. The van der Waals surface area contributed by atoms with E-state index in [1.54, 1.807) is 42.5 Å². The molecule has 0 spiro atoms. The summed E-state index contributed by atoms with van der Waals surface area (Å²) in [4.78, 5) is 22.8. The minimum Gasteiger partial charge on any atom is -0.478 e. The predicted octanol–water partition coefficient (Wildman–Crippen LogP) is 2.91. The Morgan fingerprint density at radius 1 is 1.10 bits per heavy atom. The molecule has 0 aliphatic rings. The Kier molecular flexibility index (Phi) is 4.84. The van der Waals surface area contributed by atoms with Crippen LogP contribution in [0, 0.1) is 0 Å². The molecule has 0 atom stereocenters. The molecule has 0 fully saturated rings. The number of hydrogen-bond acceptors (Lipinski definition) is 3. The largest absolute Gasteiger partial charge is 0.478 e. The van der Waals surface area contributed by atoms with E-state index in [0.717, 1.165) is 4.47 Å². The lowest BCUT2D eigenvalue weighted by Gasteiger charge is -2.01. The van der Waals surface area contributed by atoms with Gasteiger partial charge < -0.3 is 5.11 Å². The highest BCUT2D eigenvalue weighted by atomic mass is 79.9. The summed E-state index contributed by atoms with van der Waals surface area (Å²) in [7, 11) is 0. The zero-order valence-corrected chi connectivity index (χ0v) is 12.4. The van der Waals surface area contributed by atoms with Gasteiger partial charge in [-0.05, 0) is 30.3 Å². The number of nitrogens with zero attached hydrogens (tertiary/aromatic N) is 1. The second-order valence-corrected chi connectivity index (χ2v) is 5.01. The maximum absolute atomic E-state index is 11.8. The van der Waals surface area contributed by atoms with E-state index in [1.807, 2.05) is 0 Å². The highest BCUT2D eigenvalue weighted by molar-refractivity contribution is 9.10. The van der Waals surface area contributed by atoms with Crippen LogP contribution in [-0.2, 0) is 0 Å². The predicted molar refractivity (Wildman–Crippen MR) is 82.6 cm³/mol. The lowest BCUT2D eigenvalue weighted by Crippen LogP contribution is -2.17. The number of rotatable bonds is 4. The Labute approximate surface area is 129 Å². The van der Waals surface area contributed by atoms with Gasteiger partial charge in [-0.3, -0.25) is 4.79 Å². The smallest absolute Gasteiger partial charge is 0.336 e. The Morgan fingerprint density at radius 2 is 1.76 bits per heavy atom. The van der Waals surface area contributed by atoms with Crippen molar-refractivity contribution in [1.29, 1.82) is 0 Å². The van der Waals surface area contributed by atoms with Crippen molar-refractivity contribution in [3.8, 4) is 0 Å². The van der Waals surface area contributed by atoms with Gasteiger partial charge in [0.05, 0.1) is 11.8 Å². The number of amides is 1. The minimum atomic E-state index is -1.05. The van der Waals surface area contributed by atoms with E-state index in [9.17, 15) is 9.59 Å². The number of aromatic carboxylic acids is 1. The van der Waals surface area contributed by atoms with Crippen LogP contribution < -0.4 is 5.43 Å². The third kappa shape index (κ3) is 4.00. The summed E-state index contributed by atoms with van der Waals surface area (Å²) in [6, 6.07) is 13.2. The molecule has 0 aromatic heterocycles. The molecule has 0 heterocycles. The van der Waals surface area contributed by atoms with Gasteiger partial charge in [-0.1, -0.05) is 34.1 Å². The molecule has 6 heteroatoms. The molecule has 21 heavy (non-hydrogen) atoms. The number of nitrogens with one attached hydrogen (secondary N) is 1. The molecule has 2 rings (SSSR count). The Bertz CT molecular complexity index is 696. The fraction of sp³-hybridized carbons (Fsp3) is 0. The van der Waals surface area contributed by atoms with Crippen LogP contribution in [0.2, 0.25) is 0 Å². The van der Waals surface area contributed by atoms with Gasteiger partial charge >= 0.3 is 5.97 Å². The first kappa shape index (κ1) is 14.9. The van der Waals surface area contributed by atoms with Gasteiger partial charge in [-0.25, -0.2) is 10.2 Å². The zero-order valence-electron chi connectivity index (χ0n) is 10.8. The lowest BCUT2D eigenvalue weighted by molar-refractivity contribution is 0.0696. The van der Waals surface area contributed by atoms with Gasteiger partial charge in [-0.2, -0.15) is 5.10 Å². The maximum Gasteiger partial charge on any atom is 0.336 e. The van der Waals surface area contributed by atoms with Crippen LogP contribution in [0.5, 0.6) is 0 Å². The number of carbonyl (C=O) groups is 2. The summed E-state index contributed by atoms with van der Waals surface area (Å²) in [5.74, 6) is -1.41. The van der Waals surface area contributed by atoms with Crippen LogP contribution in [0.15, 0.2) is 58.1 Å². The van der Waals surface area contributed by atoms with Crippen molar-refractivity contribution in [1.82, 2.24) is 5.43 Å². The quantitative estimate of drug-likeness (QED) is 0.659. The lowest BCUT2D eigenvalue weighted by atomic mass is 10.1. The number of benzene rings is 2. The van der Waals surface area contributed by atoms with E-state index in [-0.39, 0.29) is 11.5 Å². The normalized spacial score (nSPS) is 10.5. The number of carboxylic acids is 1. The van der Waals surface area contributed by atoms with Gasteiger partial charge in [0.15, 0.2) is 0 Å². The number of hydrogen-bond donors (Lipinski definition) is 2. The third-order valence-electron chi connectivity index (χ3n) is 2.67. The SMILES string of the molecule is O=C(N/N=C/c1ccccc1C(=O)O)c1ccc(Br)cc1. The molecule has 0 unspecified atom stereocenters. The maximum atomic E-state index is 11.8. The van der Waals surface area contributed by atoms with E-state index < -0.39 is 5.97 Å². The van der Waals surface area contributed by atoms with E-state index in [4.69, 9.17) is 5.11 Å². The van der Waals surface area contributed by atoms with Crippen molar-refractivity contribution in [3.63, 3.8) is 0 Å². The Morgan fingerprint density at radius 3 is 2.43 bits per heavy atom. The second-order valence-electron chi connectivity index (χ2n) is 4.10. The van der Waals surface area contributed by atoms with Crippen LogP contribution >= 0.6 is 15.9 Å². The molecule has 106 valence electrons. The Hall–Kier alpha value is -2.47. The number of carboxylic acid groups (broad SMARTS) is 1. The minimum absolute atomic E-state index is 0.124. The van der Waals surface area contributed by atoms with Crippen molar-refractivity contribution in [2.75, 3.05) is 0 Å². The molecule has 0 radical (unpaired) electrons. The first-order valence-electron chi connectivity index (χ1n) is 5.99. The molecule has 0 bridgehead atoms. The topological polar surface area (TPSA) is 78.8 Å². The molecule has 0 aliphatic carbocycles. The summed E-state index contributed by atoms with van der Waals surface area (Å²) >= 11 is 3.28. The van der Waals surface area contributed by atoms with E-state index >= 15 is 0 Å². The first-order chi connectivity index (χ1) is 10.1.